The first-order chi connectivity index (χ1) is 14.3. The Labute approximate surface area is 172 Å². The molecular formula is C23H21FO6. The number of fused-ring (bicyclic) bond motifs is 6. The van der Waals surface area contributed by atoms with Crippen molar-refractivity contribution in [2.45, 2.75) is 38.1 Å². The highest BCUT2D eigenvalue weighted by molar-refractivity contribution is 6.06. The summed E-state index contributed by atoms with van der Waals surface area (Å²) in [4.78, 5) is 13.5. The first kappa shape index (κ1) is 18.9. The number of aliphatic hydroxyl groups excluding tert-OH is 1. The van der Waals surface area contributed by atoms with Crippen molar-refractivity contribution in [2.75, 3.05) is 13.7 Å². The van der Waals surface area contributed by atoms with Crippen LogP contribution >= 0.6 is 0 Å². The predicted octanol–water partition coefficient (Wildman–Crippen LogP) is 3.63. The van der Waals surface area contributed by atoms with E-state index in [-0.39, 0.29) is 30.3 Å². The number of aliphatic hydroxyl groups is 1. The number of hydrogen-bond acceptors (Lipinski definition) is 6. The molecule has 2 aromatic carbocycles. The number of halogens is 1. The minimum Gasteiger partial charge on any atom is -0.496 e. The summed E-state index contributed by atoms with van der Waals surface area (Å²) < 4.78 is 38.0. The zero-order chi connectivity index (χ0) is 21.2. The Bertz CT molecular complexity index is 1100. The monoisotopic (exact) mass is 411 g/mol. The van der Waals surface area contributed by atoms with E-state index in [9.17, 15) is 14.3 Å². The van der Waals surface area contributed by atoms with Gasteiger partial charge < -0.3 is 24.1 Å². The lowest BCUT2D eigenvalue weighted by atomic mass is 9.80. The van der Waals surface area contributed by atoms with Gasteiger partial charge in [0.15, 0.2) is 17.3 Å². The largest absolute Gasteiger partial charge is 0.496 e. The van der Waals surface area contributed by atoms with Gasteiger partial charge in [-0.1, -0.05) is 0 Å². The fraction of sp³-hybridized carbons (Fsp3) is 0.348. The Balaban J connectivity index is 1.64. The van der Waals surface area contributed by atoms with E-state index in [1.54, 1.807) is 18.2 Å². The summed E-state index contributed by atoms with van der Waals surface area (Å²) in [6.45, 7) is 3.59. The van der Waals surface area contributed by atoms with Crippen molar-refractivity contribution in [3.05, 3.63) is 52.3 Å². The summed E-state index contributed by atoms with van der Waals surface area (Å²) in [6, 6.07) is 4.54. The van der Waals surface area contributed by atoms with E-state index in [2.05, 4.69) is 0 Å². The molecule has 2 unspecified atom stereocenters. The number of rotatable bonds is 2. The Morgan fingerprint density at radius 1 is 1.27 bits per heavy atom. The molecule has 156 valence electrons. The molecule has 5 rings (SSSR count). The number of ether oxygens (including phenoxy) is 4. The van der Waals surface area contributed by atoms with Gasteiger partial charge in [0.25, 0.3) is 0 Å². The zero-order valence-electron chi connectivity index (χ0n) is 16.8. The molecule has 30 heavy (non-hydrogen) atoms. The molecule has 0 saturated heterocycles. The molecule has 0 aromatic heterocycles. The van der Waals surface area contributed by atoms with Crippen molar-refractivity contribution in [1.29, 1.82) is 0 Å². The van der Waals surface area contributed by atoms with E-state index in [4.69, 9.17) is 18.9 Å². The van der Waals surface area contributed by atoms with Gasteiger partial charge in [-0.3, -0.25) is 4.79 Å². The van der Waals surface area contributed by atoms with Crippen molar-refractivity contribution in [1.82, 2.24) is 0 Å². The molecule has 2 aromatic rings. The molecule has 0 aliphatic carbocycles. The number of carbonyl (C=O) groups is 1. The molecule has 3 heterocycles. The van der Waals surface area contributed by atoms with Crippen LogP contribution in [0.25, 0.3) is 6.08 Å². The predicted molar refractivity (Wildman–Crippen MR) is 106 cm³/mol. The second-order valence-corrected chi connectivity index (χ2v) is 8.19. The molecule has 1 N–H and O–H groups in total. The standard InChI is InChI=1S/C23H21FO6/c1-23(2)5-4-12-21-14(7-15(24)22(12)30-23)20(26)19-13-8-16(27-3)11(9-25)6-17(13)28-10-18(19)29-21/h4-8,18-19,25H,9-10H2,1-3H3/i24-1. The van der Waals surface area contributed by atoms with E-state index in [0.717, 1.165) is 0 Å². The van der Waals surface area contributed by atoms with Crippen molar-refractivity contribution in [3.63, 3.8) is 0 Å². The molecule has 6 nitrogen and oxygen atoms in total. The van der Waals surface area contributed by atoms with Crippen molar-refractivity contribution < 1.29 is 33.2 Å². The van der Waals surface area contributed by atoms with Crippen LogP contribution in [-0.2, 0) is 6.61 Å². The SMILES string of the molecule is COc1cc2c(cc1CO)OCC1Oc3c(cc([18F])c4c3C=CC(C)(C)O4)C(=O)C21. The minimum absolute atomic E-state index is 0.0823. The first-order valence-electron chi connectivity index (χ1n) is 9.73. The van der Waals surface area contributed by atoms with E-state index in [1.165, 1.54) is 13.2 Å². The topological polar surface area (TPSA) is 74.2 Å². The third-order valence-corrected chi connectivity index (χ3v) is 5.75. The Kier molecular flexibility index (Phi) is 4.08. The van der Waals surface area contributed by atoms with Crippen LogP contribution in [0.3, 0.4) is 0 Å². The molecule has 7 heteroatoms. The average molecular weight is 411 g/mol. The fourth-order valence-corrected chi connectivity index (χ4v) is 4.28. The third-order valence-electron chi connectivity index (χ3n) is 5.75. The Morgan fingerprint density at radius 3 is 2.80 bits per heavy atom. The van der Waals surface area contributed by atoms with Crippen LogP contribution in [0.4, 0.5) is 4.39 Å². The van der Waals surface area contributed by atoms with Gasteiger partial charge in [-0.05, 0) is 44.2 Å². The molecule has 3 aliphatic heterocycles. The molecule has 0 fully saturated rings. The van der Waals surface area contributed by atoms with Crippen LogP contribution in [0, 0.1) is 5.82 Å². The highest BCUT2D eigenvalue weighted by Crippen LogP contribution is 2.49. The second kappa shape index (κ2) is 6.47. The van der Waals surface area contributed by atoms with Crippen LogP contribution in [0.15, 0.2) is 24.3 Å². The van der Waals surface area contributed by atoms with Gasteiger partial charge in [0.05, 0.1) is 30.8 Å². The summed E-state index contributed by atoms with van der Waals surface area (Å²) in [5, 5.41) is 9.56. The van der Waals surface area contributed by atoms with Crippen LogP contribution in [0.5, 0.6) is 23.0 Å². The smallest absolute Gasteiger partial charge is 0.178 e. The molecule has 2 atom stereocenters. The number of Topliss-reactive ketones (excluding diaryl/α,β-unsaturated/α-hetero) is 1. The van der Waals surface area contributed by atoms with Gasteiger partial charge >= 0.3 is 0 Å². The number of hydrogen-bond donors (Lipinski definition) is 1. The van der Waals surface area contributed by atoms with E-state index in [0.29, 0.717) is 33.9 Å². The normalized spacial score (nSPS) is 22.5. The van der Waals surface area contributed by atoms with Gasteiger partial charge in [0.1, 0.15) is 35.6 Å². The van der Waals surface area contributed by atoms with Crippen molar-refractivity contribution >= 4 is 11.9 Å². The molecule has 3 aliphatic rings. The van der Waals surface area contributed by atoms with Gasteiger partial charge in [0, 0.05) is 11.1 Å². The highest BCUT2D eigenvalue weighted by atomic mass is 18.2. The lowest BCUT2D eigenvalue weighted by Crippen LogP contribution is -2.43. The van der Waals surface area contributed by atoms with E-state index < -0.39 is 23.4 Å². The maximum Gasteiger partial charge on any atom is 0.178 e. The second-order valence-electron chi connectivity index (χ2n) is 8.19. The van der Waals surface area contributed by atoms with Crippen LogP contribution in [0.1, 0.15) is 46.8 Å². The Morgan fingerprint density at radius 2 is 2.07 bits per heavy atom. The summed E-state index contributed by atoms with van der Waals surface area (Å²) in [5.41, 5.74) is 1.11. The zero-order valence-corrected chi connectivity index (χ0v) is 16.8. The summed E-state index contributed by atoms with van der Waals surface area (Å²) >= 11 is 0. The molecule has 0 spiro atoms. The molecule has 0 radical (unpaired) electrons. The van der Waals surface area contributed by atoms with Gasteiger partial charge in [-0.25, -0.2) is 4.39 Å². The lowest BCUT2D eigenvalue weighted by molar-refractivity contribution is 0.0550. The maximum absolute atomic E-state index is 14.9. The molecular weight excluding hydrogens is 390 g/mol. The van der Waals surface area contributed by atoms with Crippen LogP contribution < -0.4 is 18.9 Å². The quantitative estimate of drug-likeness (QED) is 0.814. The van der Waals surface area contributed by atoms with Crippen molar-refractivity contribution in [2.24, 2.45) is 0 Å². The number of carbonyl (C=O) groups excluding carboxylic acids is 1. The summed E-state index contributed by atoms with van der Waals surface area (Å²) in [7, 11) is 1.49. The van der Waals surface area contributed by atoms with Crippen LogP contribution in [0.2, 0.25) is 0 Å². The molecule has 0 bridgehead atoms. The van der Waals surface area contributed by atoms with Gasteiger partial charge in [-0.15, -0.1) is 0 Å². The number of ketones is 1. The number of benzene rings is 2. The summed E-state index contributed by atoms with van der Waals surface area (Å²) in [5.74, 6) is -0.166. The fourth-order valence-electron chi connectivity index (χ4n) is 4.28. The highest BCUT2D eigenvalue weighted by Gasteiger charge is 2.45. The van der Waals surface area contributed by atoms with Crippen molar-refractivity contribution in [3.8, 4) is 23.0 Å². The third kappa shape index (κ3) is 2.69. The summed E-state index contributed by atoms with van der Waals surface area (Å²) in [6.07, 6.45) is 2.98. The average Bonchev–Trinajstić information content (AvgIpc) is 2.73. The molecule has 0 amide bonds. The van der Waals surface area contributed by atoms with Gasteiger partial charge in [0.2, 0.25) is 0 Å². The lowest BCUT2D eigenvalue weighted by Gasteiger charge is -2.39. The Hall–Kier alpha value is -3.06. The van der Waals surface area contributed by atoms with Gasteiger partial charge in [-0.2, -0.15) is 0 Å². The minimum atomic E-state index is -0.662. The number of methoxy groups -OCH3 is 1. The van der Waals surface area contributed by atoms with Crippen LogP contribution in [-0.4, -0.2) is 36.3 Å². The molecule has 0 saturated carbocycles. The van der Waals surface area contributed by atoms with E-state index in [1.807, 2.05) is 19.9 Å². The van der Waals surface area contributed by atoms with E-state index >= 15 is 0 Å². The first-order valence-corrected chi connectivity index (χ1v) is 9.73. The maximum atomic E-state index is 14.9.